The molecule has 1 aromatic rings. The number of hydrogen-bond donors (Lipinski definition) is 1. The zero-order valence-electron chi connectivity index (χ0n) is 13.2. The molecule has 21 heavy (non-hydrogen) atoms. The third-order valence-corrected chi connectivity index (χ3v) is 5.05. The molecule has 0 bridgehead atoms. The fraction of sp³-hybridized carbons (Fsp3) is 0.800. The van der Waals surface area contributed by atoms with Crippen molar-refractivity contribution in [3.8, 4) is 0 Å². The van der Waals surface area contributed by atoms with Crippen molar-refractivity contribution < 1.29 is 4.74 Å². The fourth-order valence-corrected chi connectivity index (χ4v) is 3.61. The standard InChI is InChI=1S/C15H27N5O/c1-12-14(10-17-18(12)2)15(9-16)20-4-3-13(11-20)19-5-7-21-8-6-19/h10,13,15H,3-9,11,16H2,1-2H3. The highest BCUT2D eigenvalue weighted by Crippen LogP contribution is 2.28. The van der Waals surface area contributed by atoms with Crippen LogP contribution in [-0.4, -0.2) is 71.6 Å². The van der Waals surface area contributed by atoms with Gasteiger partial charge in [0.1, 0.15) is 0 Å². The van der Waals surface area contributed by atoms with Crippen molar-refractivity contribution >= 4 is 0 Å². The van der Waals surface area contributed by atoms with Gasteiger partial charge in [-0.25, -0.2) is 0 Å². The Morgan fingerprint density at radius 2 is 2.14 bits per heavy atom. The number of ether oxygens (including phenoxy) is 1. The van der Waals surface area contributed by atoms with Gasteiger partial charge in [-0.3, -0.25) is 14.5 Å². The van der Waals surface area contributed by atoms with E-state index >= 15 is 0 Å². The van der Waals surface area contributed by atoms with Crippen molar-refractivity contribution in [2.45, 2.75) is 25.4 Å². The topological polar surface area (TPSA) is 59.6 Å². The Balaban J connectivity index is 1.67. The Morgan fingerprint density at radius 3 is 2.76 bits per heavy atom. The lowest BCUT2D eigenvalue weighted by molar-refractivity contribution is 0.0176. The molecule has 0 aromatic carbocycles. The molecule has 0 amide bonds. The molecule has 0 radical (unpaired) electrons. The third-order valence-electron chi connectivity index (χ3n) is 5.05. The quantitative estimate of drug-likeness (QED) is 0.855. The molecule has 6 heteroatoms. The highest BCUT2D eigenvalue weighted by atomic mass is 16.5. The second kappa shape index (κ2) is 6.44. The molecule has 2 saturated heterocycles. The molecule has 2 unspecified atom stereocenters. The Kier molecular flexibility index (Phi) is 4.59. The number of nitrogens with zero attached hydrogens (tertiary/aromatic N) is 4. The van der Waals surface area contributed by atoms with E-state index in [2.05, 4.69) is 21.8 Å². The molecule has 0 saturated carbocycles. The molecule has 1 aromatic heterocycles. The van der Waals surface area contributed by atoms with Crippen LogP contribution in [0, 0.1) is 6.92 Å². The molecule has 3 heterocycles. The van der Waals surface area contributed by atoms with Crippen LogP contribution in [0.2, 0.25) is 0 Å². The third kappa shape index (κ3) is 2.99. The summed E-state index contributed by atoms with van der Waals surface area (Å²) in [7, 11) is 1.99. The van der Waals surface area contributed by atoms with Gasteiger partial charge in [-0.15, -0.1) is 0 Å². The maximum Gasteiger partial charge on any atom is 0.0594 e. The van der Waals surface area contributed by atoms with Crippen LogP contribution in [0.4, 0.5) is 0 Å². The van der Waals surface area contributed by atoms with Gasteiger partial charge >= 0.3 is 0 Å². The second-order valence-corrected chi connectivity index (χ2v) is 6.15. The Hall–Kier alpha value is -0.950. The number of likely N-dealkylation sites (tertiary alicyclic amines) is 1. The summed E-state index contributed by atoms with van der Waals surface area (Å²) in [5.41, 5.74) is 8.58. The minimum Gasteiger partial charge on any atom is -0.379 e. The number of nitrogens with two attached hydrogens (primary N) is 1. The van der Waals surface area contributed by atoms with E-state index in [9.17, 15) is 0 Å². The van der Waals surface area contributed by atoms with Crippen molar-refractivity contribution in [2.24, 2.45) is 12.8 Å². The van der Waals surface area contributed by atoms with Crippen molar-refractivity contribution in [2.75, 3.05) is 45.9 Å². The first-order valence-electron chi connectivity index (χ1n) is 7.95. The lowest BCUT2D eigenvalue weighted by Gasteiger charge is -2.33. The normalized spacial score (nSPS) is 26.3. The van der Waals surface area contributed by atoms with Gasteiger partial charge in [0.15, 0.2) is 0 Å². The Bertz CT molecular complexity index is 469. The Morgan fingerprint density at radius 1 is 1.38 bits per heavy atom. The number of hydrogen-bond acceptors (Lipinski definition) is 5. The van der Waals surface area contributed by atoms with Gasteiger partial charge in [0.2, 0.25) is 0 Å². The summed E-state index contributed by atoms with van der Waals surface area (Å²) >= 11 is 0. The first kappa shape index (κ1) is 15.0. The van der Waals surface area contributed by atoms with Gasteiger partial charge in [-0.05, 0) is 13.3 Å². The van der Waals surface area contributed by atoms with Gasteiger partial charge in [0.05, 0.1) is 25.5 Å². The fourth-order valence-electron chi connectivity index (χ4n) is 3.61. The SMILES string of the molecule is Cc1c(C(CN)N2CCC(N3CCOCC3)C2)cnn1C. The predicted molar refractivity (Wildman–Crippen MR) is 82.1 cm³/mol. The zero-order chi connectivity index (χ0) is 14.8. The first-order chi connectivity index (χ1) is 10.2. The number of aromatic nitrogens is 2. The monoisotopic (exact) mass is 293 g/mol. The molecule has 2 aliphatic heterocycles. The molecule has 2 atom stereocenters. The lowest BCUT2D eigenvalue weighted by Crippen LogP contribution is -2.45. The van der Waals surface area contributed by atoms with E-state index in [-0.39, 0.29) is 0 Å². The van der Waals surface area contributed by atoms with Crippen LogP contribution in [0.25, 0.3) is 0 Å². The summed E-state index contributed by atoms with van der Waals surface area (Å²) in [6.07, 6.45) is 3.21. The summed E-state index contributed by atoms with van der Waals surface area (Å²) in [5.74, 6) is 0. The maximum atomic E-state index is 6.07. The summed E-state index contributed by atoms with van der Waals surface area (Å²) in [4.78, 5) is 5.11. The second-order valence-electron chi connectivity index (χ2n) is 6.15. The van der Waals surface area contributed by atoms with E-state index < -0.39 is 0 Å². The van der Waals surface area contributed by atoms with E-state index in [4.69, 9.17) is 10.5 Å². The van der Waals surface area contributed by atoms with E-state index in [1.54, 1.807) is 0 Å². The largest absolute Gasteiger partial charge is 0.379 e. The minimum absolute atomic E-state index is 0.296. The van der Waals surface area contributed by atoms with Crippen molar-refractivity contribution in [1.82, 2.24) is 19.6 Å². The molecular weight excluding hydrogens is 266 g/mol. The van der Waals surface area contributed by atoms with Gasteiger partial charge < -0.3 is 10.5 Å². The number of rotatable bonds is 4. The average molecular weight is 293 g/mol. The predicted octanol–water partition coefficient (Wildman–Crippen LogP) is 0.135. The summed E-state index contributed by atoms with van der Waals surface area (Å²) in [5, 5.41) is 4.37. The van der Waals surface area contributed by atoms with Crippen molar-refractivity contribution in [3.63, 3.8) is 0 Å². The van der Waals surface area contributed by atoms with Crippen LogP contribution in [-0.2, 0) is 11.8 Å². The molecular formula is C15H27N5O. The highest BCUT2D eigenvalue weighted by Gasteiger charge is 2.33. The van der Waals surface area contributed by atoms with E-state index in [0.29, 0.717) is 18.6 Å². The van der Waals surface area contributed by atoms with Crippen LogP contribution in [0.15, 0.2) is 6.20 Å². The zero-order valence-corrected chi connectivity index (χ0v) is 13.2. The van der Waals surface area contributed by atoms with Crippen LogP contribution in [0.1, 0.15) is 23.7 Å². The molecule has 2 aliphatic rings. The van der Waals surface area contributed by atoms with Crippen LogP contribution < -0.4 is 5.73 Å². The Labute approximate surface area is 126 Å². The molecule has 2 N–H and O–H groups in total. The first-order valence-corrected chi connectivity index (χ1v) is 7.95. The van der Waals surface area contributed by atoms with E-state index in [0.717, 1.165) is 39.4 Å². The molecule has 118 valence electrons. The van der Waals surface area contributed by atoms with Crippen molar-refractivity contribution in [3.05, 3.63) is 17.5 Å². The summed E-state index contributed by atoms with van der Waals surface area (Å²) in [6.45, 7) is 8.89. The highest BCUT2D eigenvalue weighted by molar-refractivity contribution is 5.21. The van der Waals surface area contributed by atoms with Crippen LogP contribution in [0.3, 0.4) is 0 Å². The molecule has 6 nitrogen and oxygen atoms in total. The van der Waals surface area contributed by atoms with Crippen molar-refractivity contribution in [1.29, 1.82) is 0 Å². The molecule has 0 aliphatic carbocycles. The van der Waals surface area contributed by atoms with Gasteiger partial charge in [0, 0.05) is 57.1 Å². The van der Waals surface area contributed by atoms with Gasteiger partial charge in [-0.2, -0.15) is 5.10 Å². The molecule has 3 rings (SSSR count). The lowest BCUT2D eigenvalue weighted by atomic mass is 10.1. The molecule has 2 fully saturated rings. The summed E-state index contributed by atoms with van der Waals surface area (Å²) in [6, 6.07) is 0.949. The van der Waals surface area contributed by atoms with Crippen LogP contribution >= 0.6 is 0 Å². The van der Waals surface area contributed by atoms with Gasteiger partial charge in [0.25, 0.3) is 0 Å². The minimum atomic E-state index is 0.296. The smallest absolute Gasteiger partial charge is 0.0594 e. The van der Waals surface area contributed by atoms with Gasteiger partial charge in [-0.1, -0.05) is 0 Å². The average Bonchev–Trinajstić information content (AvgIpc) is 3.12. The van der Waals surface area contributed by atoms with Crippen LogP contribution in [0.5, 0.6) is 0 Å². The maximum absolute atomic E-state index is 6.07. The summed E-state index contributed by atoms with van der Waals surface area (Å²) < 4.78 is 7.39. The van der Waals surface area contributed by atoms with E-state index in [1.165, 1.54) is 17.7 Å². The van der Waals surface area contributed by atoms with E-state index in [1.807, 2.05) is 17.9 Å². The number of morpholine rings is 1. The number of aryl methyl sites for hydroxylation is 1. The molecule has 0 spiro atoms.